The molecule has 1 aliphatic carbocycles. The van der Waals surface area contributed by atoms with Gasteiger partial charge in [-0.3, -0.25) is 4.90 Å². The quantitative estimate of drug-likeness (QED) is 0.915. The molecule has 110 valence electrons. The van der Waals surface area contributed by atoms with E-state index < -0.39 is 0 Å². The third kappa shape index (κ3) is 2.40. The smallest absolute Gasteiger partial charge is 0.0575 e. The summed E-state index contributed by atoms with van der Waals surface area (Å²) in [5.41, 5.74) is 9.74. The Kier molecular flexibility index (Phi) is 3.87. The van der Waals surface area contributed by atoms with Crippen LogP contribution in [0.1, 0.15) is 50.7 Å². The highest BCUT2D eigenvalue weighted by atomic mass is 15.2. The van der Waals surface area contributed by atoms with E-state index in [1.165, 1.54) is 43.5 Å². The Bertz CT molecular complexity index is 462. The number of nitrogens with two attached hydrogens (primary N) is 1. The predicted octanol–water partition coefficient (Wildman–Crippen LogP) is 3.30. The van der Waals surface area contributed by atoms with Crippen molar-refractivity contribution >= 4 is 0 Å². The maximum absolute atomic E-state index is 7.01. The second-order valence-corrected chi connectivity index (χ2v) is 7.11. The minimum atomic E-state index is -0.151. The van der Waals surface area contributed by atoms with E-state index in [0.717, 1.165) is 12.8 Å². The van der Waals surface area contributed by atoms with E-state index in [9.17, 15) is 0 Å². The Morgan fingerprint density at radius 2 is 1.90 bits per heavy atom. The maximum atomic E-state index is 7.01. The molecule has 2 atom stereocenters. The number of likely N-dealkylation sites (tertiary alicyclic amines) is 1. The first-order chi connectivity index (χ1) is 9.61. The lowest BCUT2D eigenvalue weighted by molar-refractivity contribution is 0.0960. The summed E-state index contributed by atoms with van der Waals surface area (Å²) >= 11 is 0. The highest BCUT2D eigenvalue weighted by Gasteiger charge is 2.46. The summed E-state index contributed by atoms with van der Waals surface area (Å²) in [6.45, 7) is 7.05. The largest absolute Gasteiger partial charge is 0.320 e. The lowest BCUT2D eigenvalue weighted by Crippen LogP contribution is -2.55. The van der Waals surface area contributed by atoms with Crippen molar-refractivity contribution in [3.8, 4) is 0 Å². The summed E-state index contributed by atoms with van der Waals surface area (Å²) in [6.07, 6.45) is 6.29. The normalized spacial score (nSPS) is 30.7. The molecule has 1 heterocycles. The molecule has 0 bridgehead atoms. The van der Waals surface area contributed by atoms with Crippen molar-refractivity contribution in [2.75, 3.05) is 13.1 Å². The van der Waals surface area contributed by atoms with Crippen LogP contribution in [0, 0.1) is 5.92 Å². The Balaban J connectivity index is 1.93. The van der Waals surface area contributed by atoms with Crippen LogP contribution in [0.15, 0.2) is 24.3 Å². The van der Waals surface area contributed by atoms with Crippen molar-refractivity contribution in [3.63, 3.8) is 0 Å². The van der Waals surface area contributed by atoms with E-state index in [1.54, 1.807) is 0 Å². The zero-order valence-corrected chi connectivity index (χ0v) is 12.9. The Morgan fingerprint density at radius 1 is 1.20 bits per heavy atom. The second-order valence-electron chi connectivity index (χ2n) is 7.11. The predicted molar refractivity (Wildman–Crippen MR) is 84.7 cm³/mol. The summed E-state index contributed by atoms with van der Waals surface area (Å²) in [7, 11) is 0. The third-order valence-corrected chi connectivity index (χ3v) is 5.10. The van der Waals surface area contributed by atoms with Crippen LogP contribution in [-0.2, 0) is 12.0 Å². The Morgan fingerprint density at radius 3 is 2.60 bits per heavy atom. The molecule has 1 saturated heterocycles. The minimum absolute atomic E-state index is 0.151. The molecule has 1 fully saturated rings. The number of hydrogen-bond donors (Lipinski definition) is 1. The third-order valence-electron chi connectivity index (χ3n) is 5.10. The van der Waals surface area contributed by atoms with E-state index in [0.29, 0.717) is 12.0 Å². The number of hydrogen-bond acceptors (Lipinski definition) is 2. The van der Waals surface area contributed by atoms with Gasteiger partial charge in [0, 0.05) is 6.04 Å². The fraction of sp³-hybridized carbons (Fsp3) is 0.667. The molecule has 2 nitrogen and oxygen atoms in total. The molecule has 0 saturated carbocycles. The zero-order chi connectivity index (χ0) is 14.2. The molecular formula is C18H28N2. The molecule has 20 heavy (non-hydrogen) atoms. The van der Waals surface area contributed by atoms with Crippen molar-refractivity contribution in [2.45, 2.75) is 57.5 Å². The van der Waals surface area contributed by atoms with Crippen LogP contribution in [0.4, 0.5) is 0 Å². The highest BCUT2D eigenvalue weighted by molar-refractivity contribution is 5.41. The van der Waals surface area contributed by atoms with Gasteiger partial charge in [0.05, 0.1) is 5.54 Å². The molecule has 2 N–H and O–H groups in total. The van der Waals surface area contributed by atoms with E-state index >= 15 is 0 Å². The van der Waals surface area contributed by atoms with Gasteiger partial charge < -0.3 is 5.73 Å². The first kappa shape index (κ1) is 14.1. The van der Waals surface area contributed by atoms with Gasteiger partial charge in [0.15, 0.2) is 0 Å². The molecule has 0 amide bonds. The van der Waals surface area contributed by atoms with Crippen molar-refractivity contribution in [1.29, 1.82) is 0 Å². The Labute approximate surface area is 123 Å². The summed E-state index contributed by atoms with van der Waals surface area (Å²) in [5, 5.41) is 0. The van der Waals surface area contributed by atoms with Crippen LogP contribution in [0.2, 0.25) is 0 Å². The van der Waals surface area contributed by atoms with E-state index in [4.69, 9.17) is 5.73 Å². The highest BCUT2D eigenvalue weighted by Crippen LogP contribution is 2.42. The maximum Gasteiger partial charge on any atom is 0.0575 e. The fourth-order valence-corrected chi connectivity index (χ4v) is 4.33. The van der Waals surface area contributed by atoms with Gasteiger partial charge in [-0.2, -0.15) is 0 Å². The van der Waals surface area contributed by atoms with Crippen molar-refractivity contribution in [1.82, 2.24) is 4.90 Å². The molecule has 1 aliphatic heterocycles. The van der Waals surface area contributed by atoms with Gasteiger partial charge in [-0.1, -0.05) is 44.5 Å². The first-order valence-electron chi connectivity index (χ1n) is 8.22. The molecule has 1 aromatic rings. The SMILES string of the molecule is CC(C)CC1(N)c2ccccc2CC1N1CCCCC1. The average Bonchev–Trinajstić information content (AvgIpc) is 2.73. The summed E-state index contributed by atoms with van der Waals surface area (Å²) < 4.78 is 0. The topological polar surface area (TPSA) is 29.3 Å². The van der Waals surface area contributed by atoms with Gasteiger partial charge in [0.2, 0.25) is 0 Å². The van der Waals surface area contributed by atoms with E-state index in [-0.39, 0.29) is 5.54 Å². The van der Waals surface area contributed by atoms with Gasteiger partial charge in [0.25, 0.3) is 0 Å². The van der Waals surface area contributed by atoms with Gasteiger partial charge in [-0.05, 0) is 55.8 Å². The zero-order valence-electron chi connectivity index (χ0n) is 12.9. The van der Waals surface area contributed by atoms with Gasteiger partial charge in [0.1, 0.15) is 0 Å². The molecule has 2 unspecified atom stereocenters. The molecule has 0 spiro atoms. The molecule has 0 radical (unpaired) electrons. The van der Waals surface area contributed by atoms with Gasteiger partial charge in [-0.25, -0.2) is 0 Å². The molecule has 2 aliphatic rings. The summed E-state index contributed by atoms with van der Waals surface area (Å²) in [6, 6.07) is 9.36. The van der Waals surface area contributed by atoms with E-state index in [2.05, 4.69) is 43.0 Å². The number of rotatable bonds is 3. The standard InChI is InChI=1S/C18H28N2/c1-14(2)13-18(19)16-9-5-4-8-15(16)12-17(18)20-10-6-3-7-11-20/h4-5,8-9,14,17H,3,6-7,10-13,19H2,1-2H3. The Hall–Kier alpha value is -0.860. The van der Waals surface area contributed by atoms with Crippen molar-refractivity contribution < 1.29 is 0 Å². The molecular weight excluding hydrogens is 244 g/mol. The number of benzene rings is 1. The summed E-state index contributed by atoms with van der Waals surface area (Å²) in [5.74, 6) is 0.637. The van der Waals surface area contributed by atoms with Crippen LogP contribution < -0.4 is 5.73 Å². The average molecular weight is 272 g/mol. The van der Waals surface area contributed by atoms with Crippen LogP contribution in [0.3, 0.4) is 0 Å². The molecule has 1 aromatic carbocycles. The minimum Gasteiger partial charge on any atom is -0.320 e. The molecule has 3 rings (SSSR count). The monoisotopic (exact) mass is 272 g/mol. The summed E-state index contributed by atoms with van der Waals surface area (Å²) in [4.78, 5) is 2.67. The van der Waals surface area contributed by atoms with Crippen LogP contribution >= 0.6 is 0 Å². The number of nitrogens with zero attached hydrogens (tertiary/aromatic N) is 1. The van der Waals surface area contributed by atoms with Crippen molar-refractivity contribution in [3.05, 3.63) is 35.4 Å². The van der Waals surface area contributed by atoms with E-state index in [1.807, 2.05) is 0 Å². The van der Waals surface area contributed by atoms with Gasteiger partial charge in [-0.15, -0.1) is 0 Å². The number of piperidine rings is 1. The fourth-order valence-electron chi connectivity index (χ4n) is 4.33. The lowest BCUT2D eigenvalue weighted by Gasteiger charge is -2.42. The second kappa shape index (κ2) is 5.50. The molecule has 2 heteroatoms. The van der Waals surface area contributed by atoms with Crippen LogP contribution in [0.5, 0.6) is 0 Å². The van der Waals surface area contributed by atoms with Crippen LogP contribution in [0.25, 0.3) is 0 Å². The molecule has 0 aromatic heterocycles. The number of fused-ring (bicyclic) bond motifs is 1. The van der Waals surface area contributed by atoms with Crippen LogP contribution in [-0.4, -0.2) is 24.0 Å². The first-order valence-corrected chi connectivity index (χ1v) is 8.22. The van der Waals surface area contributed by atoms with Gasteiger partial charge >= 0.3 is 0 Å². The van der Waals surface area contributed by atoms with Crippen molar-refractivity contribution in [2.24, 2.45) is 11.7 Å². The lowest BCUT2D eigenvalue weighted by atomic mass is 9.80.